The topological polar surface area (TPSA) is 108 Å². The van der Waals surface area contributed by atoms with Crippen LogP contribution in [0.2, 0.25) is 0 Å². The number of phosphoric acid groups is 1. The van der Waals surface area contributed by atoms with Crippen LogP contribution in [0.1, 0.15) is 264 Å². The first-order valence-electron chi connectivity index (χ1n) is 26.3. The zero-order chi connectivity index (χ0) is 45.0. The Morgan fingerprint density at radius 2 is 0.738 bits per heavy atom. The van der Waals surface area contributed by atoms with Crippen LogP contribution in [0.5, 0.6) is 0 Å². The first-order valence-corrected chi connectivity index (χ1v) is 27.8. The third-order valence-electron chi connectivity index (χ3n) is 11.9. The van der Waals surface area contributed by atoms with Gasteiger partial charge in [-0.1, -0.05) is 239 Å². The highest BCUT2D eigenvalue weighted by molar-refractivity contribution is 7.47. The number of carbonyl (C=O) groups is 2. The smallest absolute Gasteiger partial charge is 0.462 e. The SMILES string of the molecule is CCCCCCCCCCCCCCCCCCCCCCCC(=O)O[C@H](COC(=O)CCCCCCCCCCCCCCCCCC)COP(=O)(O)OCC[N+](C)(C)C. The molecule has 0 amide bonds. The number of likely N-dealkylation sites (N-methyl/N-ethyl adjacent to an activating group) is 1. The Morgan fingerprint density at radius 3 is 1.05 bits per heavy atom. The van der Waals surface area contributed by atoms with Gasteiger partial charge in [0.25, 0.3) is 0 Å². The van der Waals surface area contributed by atoms with Gasteiger partial charge in [0.05, 0.1) is 27.7 Å². The van der Waals surface area contributed by atoms with Crippen molar-refractivity contribution in [1.29, 1.82) is 0 Å². The fourth-order valence-electron chi connectivity index (χ4n) is 7.78. The Bertz CT molecular complexity index is 1010. The van der Waals surface area contributed by atoms with Crippen LogP contribution in [-0.4, -0.2) is 74.9 Å². The average Bonchev–Trinajstić information content (AvgIpc) is 3.21. The van der Waals surface area contributed by atoms with Crippen molar-refractivity contribution in [2.45, 2.75) is 270 Å². The van der Waals surface area contributed by atoms with E-state index in [0.717, 1.165) is 38.5 Å². The third-order valence-corrected chi connectivity index (χ3v) is 12.9. The van der Waals surface area contributed by atoms with Gasteiger partial charge >= 0.3 is 19.8 Å². The quantitative estimate of drug-likeness (QED) is 0.0278. The highest BCUT2D eigenvalue weighted by Gasteiger charge is 2.27. The molecule has 0 rings (SSSR count). The molecule has 0 bridgehead atoms. The zero-order valence-corrected chi connectivity index (χ0v) is 42.1. The van der Waals surface area contributed by atoms with Crippen molar-refractivity contribution in [2.24, 2.45) is 0 Å². The second-order valence-electron chi connectivity index (χ2n) is 19.3. The monoisotopic (exact) mass is 889 g/mol. The van der Waals surface area contributed by atoms with E-state index in [1.807, 2.05) is 21.1 Å². The molecule has 10 heteroatoms. The Hall–Kier alpha value is -0.990. The van der Waals surface area contributed by atoms with E-state index in [1.54, 1.807) is 0 Å². The number of quaternary nitrogens is 1. The molecule has 0 saturated heterocycles. The van der Waals surface area contributed by atoms with Crippen LogP contribution in [0.15, 0.2) is 0 Å². The standard InChI is InChI=1S/C51H102NO8P/c1-6-8-10-12-14-16-18-20-22-24-25-26-27-28-30-32-34-36-38-40-42-44-51(54)60-49(48-59-61(55,56)58-46-45-52(3,4)5)47-57-50(53)43-41-39-37-35-33-31-29-23-21-19-17-15-13-11-9-7-2/h49H,6-48H2,1-5H3/p+1/t49-/m1/s1. The van der Waals surface area contributed by atoms with Crippen LogP contribution in [0.3, 0.4) is 0 Å². The Morgan fingerprint density at radius 1 is 0.443 bits per heavy atom. The molecule has 0 heterocycles. The first kappa shape index (κ1) is 60.0. The number of rotatable bonds is 49. The molecule has 0 spiro atoms. The lowest BCUT2D eigenvalue weighted by molar-refractivity contribution is -0.870. The fourth-order valence-corrected chi connectivity index (χ4v) is 8.52. The molecule has 364 valence electrons. The molecule has 0 aromatic carbocycles. The van der Waals surface area contributed by atoms with Crippen LogP contribution in [-0.2, 0) is 32.7 Å². The minimum Gasteiger partial charge on any atom is -0.462 e. The third kappa shape index (κ3) is 48.3. The summed E-state index contributed by atoms with van der Waals surface area (Å²) in [6.07, 6.45) is 47.2. The van der Waals surface area contributed by atoms with E-state index in [4.69, 9.17) is 18.5 Å². The van der Waals surface area contributed by atoms with E-state index in [-0.39, 0.29) is 25.6 Å². The van der Waals surface area contributed by atoms with E-state index >= 15 is 0 Å². The lowest BCUT2D eigenvalue weighted by Gasteiger charge is -2.24. The van der Waals surface area contributed by atoms with E-state index in [1.165, 1.54) is 199 Å². The maximum atomic E-state index is 12.8. The summed E-state index contributed by atoms with van der Waals surface area (Å²) in [5.41, 5.74) is 0. The second-order valence-corrected chi connectivity index (χ2v) is 20.7. The highest BCUT2D eigenvalue weighted by atomic mass is 31.2. The van der Waals surface area contributed by atoms with Crippen molar-refractivity contribution in [3.63, 3.8) is 0 Å². The molecular formula is C51H103NO8P+. The molecule has 0 aromatic rings. The number of carbonyl (C=O) groups excluding carboxylic acids is 2. The summed E-state index contributed by atoms with van der Waals surface area (Å²) in [6.45, 7) is 4.49. The summed E-state index contributed by atoms with van der Waals surface area (Å²) in [5.74, 6) is -0.777. The van der Waals surface area contributed by atoms with Crippen LogP contribution in [0.4, 0.5) is 0 Å². The van der Waals surface area contributed by atoms with Crippen molar-refractivity contribution in [3.05, 3.63) is 0 Å². The van der Waals surface area contributed by atoms with Crippen molar-refractivity contribution in [3.8, 4) is 0 Å². The number of nitrogens with zero attached hydrogens (tertiary/aromatic N) is 1. The molecule has 1 N–H and O–H groups in total. The van der Waals surface area contributed by atoms with Crippen LogP contribution in [0, 0.1) is 0 Å². The summed E-state index contributed by atoms with van der Waals surface area (Å²) in [6, 6.07) is 0. The van der Waals surface area contributed by atoms with E-state index < -0.39 is 26.5 Å². The van der Waals surface area contributed by atoms with Crippen LogP contribution >= 0.6 is 7.82 Å². The van der Waals surface area contributed by atoms with Gasteiger partial charge in [-0.15, -0.1) is 0 Å². The summed E-state index contributed by atoms with van der Waals surface area (Å²) in [5, 5.41) is 0. The van der Waals surface area contributed by atoms with E-state index in [0.29, 0.717) is 17.4 Å². The minimum absolute atomic E-state index is 0.0372. The molecule has 0 saturated carbocycles. The van der Waals surface area contributed by atoms with Crippen molar-refractivity contribution >= 4 is 19.8 Å². The van der Waals surface area contributed by atoms with Gasteiger partial charge in [0.15, 0.2) is 6.10 Å². The summed E-state index contributed by atoms with van der Waals surface area (Å²) in [7, 11) is 1.50. The van der Waals surface area contributed by atoms with Gasteiger partial charge in [-0.2, -0.15) is 0 Å². The molecule has 1 unspecified atom stereocenters. The Kier molecular flexibility index (Phi) is 43.5. The van der Waals surface area contributed by atoms with Gasteiger partial charge in [-0.05, 0) is 12.8 Å². The molecule has 0 aliphatic rings. The van der Waals surface area contributed by atoms with E-state index in [2.05, 4.69) is 13.8 Å². The van der Waals surface area contributed by atoms with Crippen molar-refractivity contribution in [1.82, 2.24) is 0 Å². The highest BCUT2D eigenvalue weighted by Crippen LogP contribution is 2.43. The number of phosphoric ester groups is 1. The lowest BCUT2D eigenvalue weighted by atomic mass is 10.0. The summed E-state index contributed by atoms with van der Waals surface area (Å²) < 4.78 is 34.5. The lowest BCUT2D eigenvalue weighted by Crippen LogP contribution is -2.37. The van der Waals surface area contributed by atoms with Gasteiger partial charge < -0.3 is 18.9 Å². The van der Waals surface area contributed by atoms with Gasteiger partial charge in [0.2, 0.25) is 0 Å². The maximum absolute atomic E-state index is 12.8. The Balaban J connectivity index is 4.18. The summed E-state index contributed by atoms with van der Waals surface area (Å²) >= 11 is 0. The maximum Gasteiger partial charge on any atom is 0.472 e. The molecule has 9 nitrogen and oxygen atoms in total. The Labute approximate surface area is 378 Å². The predicted octanol–water partition coefficient (Wildman–Crippen LogP) is 15.5. The number of unbranched alkanes of at least 4 members (excludes halogenated alkanes) is 35. The van der Waals surface area contributed by atoms with Gasteiger partial charge in [-0.3, -0.25) is 18.6 Å². The molecular weight excluding hydrogens is 786 g/mol. The molecule has 0 radical (unpaired) electrons. The first-order chi connectivity index (χ1) is 29.5. The van der Waals surface area contributed by atoms with Gasteiger partial charge in [-0.25, -0.2) is 4.57 Å². The molecule has 61 heavy (non-hydrogen) atoms. The van der Waals surface area contributed by atoms with Gasteiger partial charge in [0, 0.05) is 12.8 Å². The van der Waals surface area contributed by atoms with Crippen LogP contribution in [0.25, 0.3) is 0 Å². The van der Waals surface area contributed by atoms with E-state index in [9.17, 15) is 19.0 Å². The average molecular weight is 889 g/mol. The number of ether oxygens (including phenoxy) is 2. The largest absolute Gasteiger partial charge is 0.472 e. The predicted molar refractivity (Wildman–Crippen MR) is 257 cm³/mol. The number of esters is 2. The molecule has 0 aromatic heterocycles. The molecule has 0 aliphatic heterocycles. The molecule has 0 fully saturated rings. The summed E-state index contributed by atoms with van der Waals surface area (Å²) in [4.78, 5) is 35.5. The van der Waals surface area contributed by atoms with Crippen molar-refractivity contribution < 1.29 is 42.1 Å². The van der Waals surface area contributed by atoms with Crippen LogP contribution < -0.4 is 0 Å². The number of hydrogen-bond acceptors (Lipinski definition) is 7. The van der Waals surface area contributed by atoms with Gasteiger partial charge in [0.1, 0.15) is 19.8 Å². The number of hydrogen-bond donors (Lipinski definition) is 1. The zero-order valence-electron chi connectivity index (χ0n) is 41.2. The van der Waals surface area contributed by atoms with Crippen molar-refractivity contribution in [2.75, 3.05) is 47.5 Å². The fraction of sp³-hybridized carbons (Fsp3) is 0.961. The normalized spacial score (nSPS) is 13.3. The minimum atomic E-state index is -4.37. The molecule has 0 aliphatic carbocycles. The second kappa shape index (κ2) is 44.2. The molecule has 2 atom stereocenters.